The fourth-order valence-corrected chi connectivity index (χ4v) is 2.27. The molecule has 114 valence electrons. The Hall–Kier alpha value is -2.07. The molecule has 0 saturated heterocycles. The Bertz CT molecular complexity index is 636. The molecule has 1 heterocycles. The molecule has 1 aliphatic rings. The van der Waals surface area contributed by atoms with E-state index < -0.39 is 0 Å². The van der Waals surface area contributed by atoms with Crippen LogP contribution in [-0.2, 0) is 11.2 Å². The van der Waals surface area contributed by atoms with Crippen molar-refractivity contribution >= 4 is 29.0 Å². The van der Waals surface area contributed by atoms with Crippen LogP contribution >= 0.6 is 11.6 Å². The highest BCUT2D eigenvalue weighted by Gasteiger charge is 2.29. The average molecular weight is 316 g/mol. The molecule has 0 bridgehead atoms. The van der Waals surface area contributed by atoms with Gasteiger partial charge in [-0.05, 0) is 49.1 Å². The molecule has 22 heavy (non-hydrogen) atoms. The molecule has 1 aliphatic carbocycles. The Labute approximate surface area is 134 Å². The molecule has 2 aromatic rings. The number of rotatable bonds is 6. The van der Waals surface area contributed by atoms with Crippen LogP contribution in [0.3, 0.4) is 0 Å². The zero-order chi connectivity index (χ0) is 15.4. The van der Waals surface area contributed by atoms with Crippen molar-refractivity contribution in [3.8, 4) is 0 Å². The van der Waals surface area contributed by atoms with E-state index in [4.69, 9.17) is 11.6 Å². The highest BCUT2D eigenvalue weighted by Crippen LogP contribution is 2.29. The van der Waals surface area contributed by atoms with Crippen LogP contribution in [0.4, 0.5) is 11.5 Å². The third-order valence-electron chi connectivity index (χ3n) is 3.62. The summed E-state index contributed by atoms with van der Waals surface area (Å²) in [4.78, 5) is 15.9. The molecule has 0 spiro atoms. The van der Waals surface area contributed by atoms with Gasteiger partial charge >= 0.3 is 0 Å². The predicted octanol–water partition coefficient (Wildman–Crippen LogP) is 3.74. The molecule has 0 atom stereocenters. The van der Waals surface area contributed by atoms with Crippen molar-refractivity contribution in [1.82, 2.24) is 4.98 Å². The molecule has 2 N–H and O–H groups in total. The second-order valence-corrected chi connectivity index (χ2v) is 5.94. The van der Waals surface area contributed by atoms with Gasteiger partial charge in [-0.25, -0.2) is 4.98 Å². The van der Waals surface area contributed by atoms with E-state index in [0.29, 0.717) is 5.82 Å². The number of carbonyl (C=O) groups excluding carboxylic acids is 1. The van der Waals surface area contributed by atoms with Crippen LogP contribution in [0.1, 0.15) is 18.4 Å². The summed E-state index contributed by atoms with van der Waals surface area (Å²) in [6.45, 7) is 0.817. The number of anilines is 2. The smallest absolute Gasteiger partial charge is 0.228 e. The summed E-state index contributed by atoms with van der Waals surface area (Å²) in [5.41, 5.74) is 2.18. The van der Waals surface area contributed by atoms with Crippen LogP contribution in [0.5, 0.6) is 0 Å². The maximum Gasteiger partial charge on any atom is 0.228 e. The summed E-state index contributed by atoms with van der Waals surface area (Å²) < 4.78 is 0. The first kappa shape index (κ1) is 14.9. The molecule has 0 aliphatic heterocycles. The molecule has 1 aromatic carbocycles. The maximum atomic E-state index is 11.6. The number of pyridine rings is 1. The molecular weight excluding hydrogens is 298 g/mol. The molecule has 0 unspecified atom stereocenters. The summed E-state index contributed by atoms with van der Waals surface area (Å²) >= 11 is 5.86. The van der Waals surface area contributed by atoms with Crippen LogP contribution < -0.4 is 10.6 Å². The lowest BCUT2D eigenvalue weighted by Gasteiger charge is -2.08. The SMILES string of the molecule is O=C(Nc1ccc(NCCc2ccc(Cl)cc2)cn1)C1CC1. The second-order valence-electron chi connectivity index (χ2n) is 5.50. The molecule has 5 heteroatoms. The van der Waals surface area contributed by atoms with Crippen LogP contribution in [0.15, 0.2) is 42.6 Å². The molecule has 3 rings (SSSR count). The summed E-state index contributed by atoms with van der Waals surface area (Å²) in [7, 11) is 0. The first-order valence-electron chi connectivity index (χ1n) is 7.46. The quantitative estimate of drug-likeness (QED) is 0.854. The summed E-state index contributed by atoms with van der Waals surface area (Å²) in [5.74, 6) is 0.884. The van der Waals surface area contributed by atoms with Gasteiger partial charge in [0.15, 0.2) is 0 Å². The van der Waals surface area contributed by atoms with E-state index in [1.807, 2.05) is 36.4 Å². The van der Waals surface area contributed by atoms with Gasteiger partial charge in [-0.2, -0.15) is 0 Å². The van der Waals surface area contributed by atoms with Gasteiger partial charge in [-0.15, -0.1) is 0 Å². The van der Waals surface area contributed by atoms with E-state index in [1.165, 1.54) is 5.56 Å². The number of hydrogen-bond acceptors (Lipinski definition) is 3. The Morgan fingerprint density at radius 3 is 2.59 bits per heavy atom. The number of amides is 1. The van der Waals surface area contributed by atoms with Gasteiger partial charge in [0.25, 0.3) is 0 Å². The summed E-state index contributed by atoms with van der Waals surface area (Å²) in [6, 6.07) is 11.6. The molecule has 1 saturated carbocycles. The van der Waals surface area contributed by atoms with Gasteiger partial charge in [0, 0.05) is 17.5 Å². The minimum atomic E-state index is 0.0796. The molecule has 0 radical (unpaired) electrons. The minimum Gasteiger partial charge on any atom is -0.383 e. The summed E-state index contributed by atoms with van der Waals surface area (Å²) in [6.07, 6.45) is 4.65. The van der Waals surface area contributed by atoms with E-state index in [0.717, 1.165) is 36.5 Å². The zero-order valence-electron chi connectivity index (χ0n) is 12.2. The highest BCUT2D eigenvalue weighted by molar-refractivity contribution is 6.30. The topological polar surface area (TPSA) is 54.0 Å². The van der Waals surface area contributed by atoms with Gasteiger partial charge < -0.3 is 10.6 Å². The van der Waals surface area contributed by atoms with Gasteiger partial charge in [-0.1, -0.05) is 23.7 Å². The third kappa shape index (κ3) is 4.21. The number of nitrogens with one attached hydrogen (secondary N) is 2. The van der Waals surface area contributed by atoms with E-state index in [9.17, 15) is 4.79 Å². The van der Waals surface area contributed by atoms with Crippen molar-refractivity contribution in [3.63, 3.8) is 0 Å². The highest BCUT2D eigenvalue weighted by atomic mass is 35.5. The van der Waals surface area contributed by atoms with Gasteiger partial charge in [0.2, 0.25) is 5.91 Å². The van der Waals surface area contributed by atoms with Crippen LogP contribution in [0.2, 0.25) is 5.02 Å². The Morgan fingerprint density at radius 2 is 1.95 bits per heavy atom. The van der Waals surface area contributed by atoms with Crippen LogP contribution in [-0.4, -0.2) is 17.4 Å². The van der Waals surface area contributed by atoms with Gasteiger partial charge in [0.05, 0.1) is 11.9 Å². The molecule has 1 fully saturated rings. The minimum absolute atomic E-state index is 0.0796. The largest absolute Gasteiger partial charge is 0.383 e. The zero-order valence-corrected chi connectivity index (χ0v) is 12.9. The molecule has 1 amide bonds. The maximum absolute atomic E-state index is 11.6. The lowest BCUT2D eigenvalue weighted by atomic mass is 10.1. The van der Waals surface area contributed by atoms with Crippen molar-refractivity contribution in [2.75, 3.05) is 17.2 Å². The van der Waals surface area contributed by atoms with Crippen molar-refractivity contribution < 1.29 is 4.79 Å². The van der Waals surface area contributed by atoms with Gasteiger partial charge in [-0.3, -0.25) is 4.79 Å². The third-order valence-corrected chi connectivity index (χ3v) is 3.87. The number of hydrogen-bond donors (Lipinski definition) is 2. The Morgan fingerprint density at radius 1 is 1.18 bits per heavy atom. The van der Waals surface area contributed by atoms with Crippen molar-refractivity contribution in [2.24, 2.45) is 5.92 Å². The van der Waals surface area contributed by atoms with E-state index in [-0.39, 0.29) is 11.8 Å². The first-order chi connectivity index (χ1) is 10.7. The fraction of sp³-hybridized carbons (Fsp3) is 0.294. The number of carbonyl (C=O) groups is 1. The lowest BCUT2D eigenvalue weighted by molar-refractivity contribution is -0.117. The Kier molecular flexibility index (Phi) is 4.59. The normalized spacial score (nSPS) is 13.7. The first-order valence-corrected chi connectivity index (χ1v) is 7.84. The van der Waals surface area contributed by atoms with Crippen molar-refractivity contribution in [1.29, 1.82) is 0 Å². The number of halogens is 1. The van der Waals surface area contributed by atoms with Crippen molar-refractivity contribution in [3.05, 3.63) is 53.2 Å². The predicted molar refractivity (Wildman–Crippen MR) is 89.2 cm³/mol. The lowest BCUT2D eigenvalue weighted by Crippen LogP contribution is -2.14. The van der Waals surface area contributed by atoms with E-state index >= 15 is 0 Å². The van der Waals surface area contributed by atoms with E-state index in [1.54, 1.807) is 6.20 Å². The molecule has 1 aromatic heterocycles. The van der Waals surface area contributed by atoms with Gasteiger partial charge in [0.1, 0.15) is 5.82 Å². The van der Waals surface area contributed by atoms with Crippen LogP contribution in [0, 0.1) is 5.92 Å². The average Bonchev–Trinajstić information content (AvgIpc) is 3.36. The number of benzene rings is 1. The van der Waals surface area contributed by atoms with E-state index in [2.05, 4.69) is 15.6 Å². The molecule has 4 nitrogen and oxygen atoms in total. The molecular formula is C17H18ClN3O. The Balaban J connectivity index is 1.46. The number of aromatic nitrogens is 1. The number of nitrogens with zero attached hydrogens (tertiary/aromatic N) is 1. The van der Waals surface area contributed by atoms with Crippen molar-refractivity contribution in [2.45, 2.75) is 19.3 Å². The standard InChI is InChI=1S/C17H18ClN3O/c18-14-5-1-12(2-6-14)9-10-19-15-7-8-16(20-11-15)21-17(22)13-3-4-13/h1-2,5-8,11,13,19H,3-4,9-10H2,(H,20,21,22). The fourth-order valence-electron chi connectivity index (χ4n) is 2.15. The summed E-state index contributed by atoms with van der Waals surface area (Å²) in [5, 5.41) is 6.90. The van der Waals surface area contributed by atoms with Crippen LogP contribution in [0.25, 0.3) is 0 Å². The second kappa shape index (κ2) is 6.79. The monoisotopic (exact) mass is 315 g/mol.